The van der Waals surface area contributed by atoms with Crippen LogP contribution in [0.25, 0.3) is 10.9 Å². The first kappa shape index (κ1) is 17.9. The van der Waals surface area contributed by atoms with Crippen LogP contribution < -0.4 is 0 Å². The highest BCUT2D eigenvalue weighted by Crippen LogP contribution is 2.26. The summed E-state index contributed by atoms with van der Waals surface area (Å²) < 4.78 is 40.2. The van der Waals surface area contributed by atoms with Crippen molar-refractivity contribution in [1.29, 1.82) is 0 Å². The Labute approximate surface area is 146 Å². The van der Waals surface area contributed by atoms with Crippen LogP contribution in [0.5, 0.6) is 0 Å². The summed E-state index contributed by atoms with van der Waals surface area (Å²) in [5.74, 6) is -0.481. The monoisotopic (exact) mass is 367 g/mol. The molecule has 8 heteroatoms. The molecule has 1 saturated heterocycles. The third-order valence-corrected chi connectivity index (χ3v) is 6.13. The molecular formula is C17H22FN3O3S. The molecule has 1 fully saturated rings. The minimum Gasteiger partial charge on any atom is -0.339 e. The van der Waals surface area contributed by atoms with Crippen LogP contribution in [0, 0.1) is 12.7 Å². The Bertz CT molecular complexity index is 936. The van der Waals surface area contributed by atoms with Gasteiger partial charge in [-0.15, -0.1) is 0 Å². The van der Waals surface area contributed by atoms with E-state index in [1.807, 2.05) is 6.92 Å². The van der Waals surface area contributed by atoms with E-state index in [2.05, 4.69) is 0 Å². The zero-order chi connectivity index (χ0) is 18.4. The molecule has 0 N–H and O–H groups in total. The lowest BCUT2D eigenvalue weighted by Gasteiger charge is -2.22. The Morgan fingerprint density at radius 3 is 2.56 bits per heavy atom. The predicted molar refractivity (Wildman–Crippen MR) is 94.6 cm³/mol. The first-order valence-corrected chi connectivity index (χ1v) is 10.0. The molecule has 6 nitrogen and oxygen atoms in total. The van der Waals surface area contributed by atoms with Crippen LogP contribution in [-0.2, 0) is 17.1 Å². The Morgan fingerprint density at radius 1 is 1.16 bits per heavy atom. The minimum absolute atomic E-state index is 0.146. The van der Waals surface area contributed by atoms with Crippen LogP contribution in [0.15, 0.2) is 18.2 Å². The maximum absolute atomic E-state index is 13.6. The van der Waals surface area contributed by atoms with Crippen LogP contribution in [-0.4, -0.2) is 60.5 Å². The van der Waals surface area contributed by atoms with Gasteiger partial charge in [0.25, 0.3) is 5.91 Å². The van der Waals surface area contributed by atoms with Crippen molar-refractivity contribution >= 4 is 26.8 Å². The second-order valence-corrected chi connectivity index (χ2v) is 8.48. The molecule has 25 heavy (non-hydrogen) atoms. The number of carbonyl (C=O) groups excluding carboxylic acids is 1. The SMILES string of the molecule is Cc1c(C(=O)N2CCCN(S(C)(=O)=O)CC2)n(C)c2ccc(F)cc12. The Morgan fingerprint density at radius 2 is 1.88 bits per heavy atom. The highest BCUT2D eigenvalue weighted by Gasteiger charge is 2.27. The lowest BCUT2D eigenvalue weighted by Crippen LogP contribution is -2.37. The number of rotatable bonds is 2. The van der Waals surface area contributed by atoms with Crippen LogP contribution in [0.1, 0.15) is 22.5 Å². The fraction of sp³-hybridized carbons (Fsp3) is 0.471. The molecule has 0 aliphatic carbocycles. The first-order chi connectivity index (χ1) is 11.7. The van der Waals surface area contributed by atoms with Gasteiger partial charge in [0.15, 0.2) is 0 Å². The third kappa shape index (κ3) is 3.28. The van der Waals surface area contributed by atoms with Crippen molar-refractivity contribution in [2.75, 3.05) is 32.4 Å². The summed E-state index contributed by atoms with van der Waals surface area (Å²) in [6, 6.07) is 4.49. The van der Waals surface area contributed by atoms with E-state index >= 15 is 0 Å². The largest absolute Gasteiger partial charge is 0.339 e. The van der Waals surface area contributed by atoms with Gasteiger partial charge in [0.05, 0.1) is 6.26 Å². The molecular weight excluding hydrogens is 345 g/mol. The standard InChI is InChI=1S/C17H22FN3O3S/c1-12-14-11-13(18)5-6-15(14)19(2)16(12)17(22)20-7-4-8-21(10-9-20)25(3,23)24/h5-6,11H,4,7-10H2,1-3H3. The second-order valence-electron chi connectivity index (χ2n) is 6.50. The van der Waals surface area contributed by atoms with Crippen LogP contribution in [0.2, 0.25) is 0 Å². The van der Waals surface area contributed by atoms with Crippen LogP contribution in [0.4, 0.5) is 4.39 Å². The van der Waals surface area contributed by atoms with Gasteiger partial charge in [-0.25, -0.2) is 17.1 Å². The molecule has 0 bridgehead atoms. The summed E-state index contributed by atoms with van der Waals surface area (Å²) in [5, 5.41) is 0.721. The van der Waals surface area contributed by atoms with Crippen molar-refractivity contribution in [3.63, 3.8) is 0 Å². The van der Waals surface area contributed by atoms with E-state index < -0.39 is 10.0 Å². The predicted octanol–water partition coefficient (Wildman–Crippen LogP) is 1.73. The summed E-state index contributed by atoms with van der Waals surface area (Å²) >= 11 is 0. The van der Waals surface area contributed by atoms with Crippen molar-refractivity contribution < 1.29 is 17.6 Å². The highest BCUT2D eigenvalue weighted by atomic mass is 32.2. The lowest BCUT2D eigenvalue weighted by molar-refractivity contribution is 0.0754. The molecule has 1 amide bonds. The molecule has 1 aromatic carbocycles. The first-order valence-electron chi connectivity index (χ1n) is 8.19. The number of halogens is 1. The summed E-state index contributed by atoms with van der Waals surface area (Å²) in [6.45, 7) is 3.38. The average molecular weight is 367 g/mol. The van der Waals surface area contributed by atoms with E-state index in [0.29, 0.717) is 38.3 Å². The molecule has 3 rings (SSSR count). The normalized spacial score (nSPS) is 17.0. The lowest BCUT2D eigenvalue weighted by atomic mass is 10.1. The highest BCUT2D eigenvalue weighted by molar-refractivity contribution is 7.88. The van der Waals surface area contributed by atoms with Gasteiger partial charge in [-0.3, -0.25) is 4.79 Å². The zero-order valence-electron chi connectivity index (χ0n) is 14.6. The Balaban J connectivity index is 1.92. The quantitative estimate of drug-likeness (QED) is 0.812. The van der Waals surface area contributed by atoms with E-state index in [-0.39, 0.29) is 11.7 Å². The van der Waals surface area contributed by atoms with Gasteiger partial charge in [0.1, 0.15) is 11.5 Å². The van der Waals surface area contributed by atoms with Crippen molar-refractivity contribution in [1.82, 2.24) is 13.8 Å². The number of fused-ring (bicyclic) bond motifs is 1. The number of aryl methyl sites for hydroxylation is 2. The molecule has 136 valence electrons. The minimum atomic E-state index is -3.26. The number of benzene rings is 1. The van der Waals surface area contributed by atoms with Gasteiger partial charge >= 0.3 is 0 Å². The van der Waals surface area contributed by atoms with Gasteiger partial charge < -0.3 is 9.47 Å². The maximum atomic E-state index is 13.6. The number of nitrogens with zero attached hydrogens (tertiary/aromatic N) is 3. The Kier molecular flexibility index (Phi) is 4.59. The van der Waals surface area contributed by atoms with Gasteiger partial charge in [-0.1, -0.05) is 0 Å². The number of sulfonamides is 1. The van der Waals surface area contributed by atoms with E-state index in [1.165, 1.54) is 22.7 Å². The second kappa shape index (κ2) is 6.42. The summed E-state index contributed by atoms with van der Waals surface area (Å²) in [6.07, 6.45) is 1.78. The number of hydrogen-bond donors (Lipinski definition) is 0. The number of carbonyl (C=O) groups is 1. The van der Waals surface area contributed by atoms with Crippen molar-refractivity contribution in [3.8, 4) is 0 Å². The van der Waals surface area contributed by atoms with Crippen molar-refractivity contribution in [3.05, 3.63) is 35.3 Å². The molecule has 2 aromatic rings. The van der Waals surface area contributed by atoms with Crippen LogP contribution in [0.3, 0.4) is 0 Å². The van der Waals surface area contributed by atoms with Gasteiger partial charge in [0.2, 0.25) is 10.0 Å². The number of amides is 1. The van der Waals surface area contributed by atoms with Crippen molar-refractivity contribution in [2.45, 2.75) is 13.3 Å². The molecule has 0 saturated carbocycles. The molecule has 0 unspecified atom stereocenters. The third-order valence-electron chi connectivity index (χ3n) is 4.83. The fourth-order valence-electron chi connectivity index (χ4n) is 3.48. The average Bonchev–Trinajstić information content (AvgIpc) is 2.72. The smallest absolute Gasteiger partial charge is 0.270 e. The van der Waals surface area contributed by atoms with Crippen molar-refractivity contribution in [2.24, 2.45) is 7.05 Å². The van der Waals surface area contributed by atoms with E-state index in [4.69, 9.17) is 0 Å². The molecule has 0 atom stereocenters. The molecule has 0 radical (unpaired) electrons. The molecule has 0 spiro atoms. The topological polar surface area (TPSA) is 62.6 Å². The molecule has 1 aliphatic heterocycles. The maximum Gasteiger partial charge on any atom is 0.270 e. The van der Waals surface area contributed by atoms with E-state index in [9.17, 15) is 17.6 Å². The van der Waals surface area contributed by atoms with Gasteiger partial charge in [0, 0.05) is 44.1 Å². The molecule has 2 heterocycles. The van der Waals surface area contributed by atoms with E-state index in [0.717, 1.165) is 16.5 Å². The molecule has 1 aliphatic rings. The zero-order valence-corrected chi connectivity index (χ0v) is 15.4. The van der Waals surface area contributed by atoms with Gasteiger partial charge in [-0.05, 0) is 37.1 Å². The Hall–Kier alpha value is -1.93. The summed E-state index contributed by atoms with van der Waals surface area (Å²) in [7, 11) is -1.46. The summed E-state index contributed by atoms with van der Waals surface area (Å²) in [5.41, 5.74) is 2.06. The van der Waals surface area contributed by atoms with Gasteiger partial charge in [-0.2, -0.15) is 0 Å². The van der Waals surface area contributed by atoms with Crippen LogP contribution >= 0.6 is 0 Å². The fourth-order valence-corrected chi connectivity index (χ4v) is 4.36. The summed E-state index contributed by atoms with van der Waals surface area (Å²) in [4.78, 5) is 14.7. The van der Waals surface area contributed by atoms with E-state index in [1.54, 1.807) is 22.6 Å². The molecule has 1 aromatic heterocycles. The number of hydrogen-bond acceptors (Lipinski definition) is 3. The number of aromatic nitrogens is 1.